The van der Waals surface area contributed by atoms with Crippen molar-refractivity contribution in [2.75, 3.05) is 11.9 Å². The number of carbonyl (C=O) groups excluding carboxylic acids is 1. The van der Waals surface area contributed by atoms with Crippen LogP contribution in [0, 0.1) is 0 Å². The van der Waals surface area contributed by atoms with E-state index in [9.17, 15) is 4.79 Å². The lowest BCUT2D eigenvalue weighted by atomic mass is 10.0. The maximum absolute atomic E-state index is 13.0. The molecule has 0 fully saturated rings. The fraction of sp³-hybridized carbons (Fsp3) is 0.211. The highest BCUT2D eigenvalue weighted by molar-refractivity contribution is 7.10. The number of fused-ring (bicyclic) bond motifs is 1. The number of nitrogens with one attached hydrogen (secondary N) is 1. The number of aromatic nitrogens is 2. The van der Waals surface area contributed by atoms with Crippen LogP contribution in [0.2, 0.25) is 0 Å². The zero-order valence-corrected chi connectivity index (χ0v) is 14.7. The van der Waals surface area contributed by atoms with Gasteiger partial charge in [0.25, 0.3) is 5.91 Å². The first kappa shape index (κ1) is 15.8. The number of amides is 1. The van der Waals surface area contributed by atoms with Gasteiger partial charge in [-0.1, -0.05) is 6.07 Å². The topological polar surface area (TPSA) is 58.1 Å². The molecule has 0 bridgehead atoms. The largest absolute Gasteiger partial charge is 0.331 e. The second kappa shape index (κ2) is 6.64. The van der Waals surface area contributed by atoms with Crippen LogP contribution in [0.25, 0.3) is 0 Å². The minimum absolute atomic E-state index is 0.0574. The predicted molar refractivity (Wildman–Crippen MR) is 99.2 cm³/mol. The minimum Gasteiger partial charge on any atom is -0.331 e. The lowest BCUT2D eigenvalue weighted by molar-refractivity contribution is 0.0679. The lowest BCUT2D eigenvalue weighted by Crippen LogP contribution is -2.38. The van der Waals surface area contributed by atoms with Gasteiger partial charge in [0.05, 0.1) is 6.04 Å². The lowest BCUT2D eigenvalue weighted by Gasteiger charge is -2.33. The van der Waals surface area contributed by atoms with Crippen LogP contribution in [0.1, 0.15) is 33.8 Å². The fourth-order valence-electron chi connectivity index (χ4n) is 3.18. The molecule has 1 aliphatic heterocycles. The van der Waals surface area contributed by atoms with Crippen LogP contribution in [0.15, 0.2) is 54.2 Å². The van der Waals surface area contributed by atoms with Gasteiger partial charge in [0.2, 0.25) is 5.95 Å². The van der Waals surface area contributed by atoms with Crippen molar-refractivity contribution in [1.29, 1.82) is 0 Å². The summed E-state index contributed by atoms with van der Waals surface area (Å²) in [6.45, 7) is 2.86. The van der Waals surface area contributed by atoms with E-state index in [0.29, 0.717) is 11.5 Å². The third-order valence-corrected chi connectivity index (χ3v) is 5.47. The molecule has 3 heterocycles. The Kier molecular flexibility index (Phi) is 4.19. The number of benzene rings is 1. The maximum atomic E-state index is 13.0. The van der Waals surface area contributed by atoms with Gasteiger partial charge < -0.3 is 10.2 Å². The minimum atomic E-state index is 0.0574. The van der Waals surface area contributed by atoms with E-state index >= 15 is 0 Å². The average molecular weight is 350 g/mol. The van der Waals surface area contributed by atoms with Crippen LogP contribution in [0.4, 0.5) is 11.6 Å². The molecule has 126 valence electrons. The molecule has 1 N–H and O–H groups in total. The summed E-state index contributed by atoms with van der Waals surface area (Å²) in [5, 5.41) is 5.24. The summed E-state index contributed by atoms with van der Waals surface area (Å²) in [4.78, 5) is 24.7. The molecular formula is C19H18N4OS. The highest BCUT2D eigenvalue weighted by atomic mass is 32.1. The predicted octanol–water partition coefficient (Wildman–Crippen LogP) is 4.04. The Morgan fingerprint density at radius 2 is 2.08 bits per heavy atom. The molecule has 1 amide bonds. The van der Waals surface area contributed by atoms with Crippen LogP contribution in [0.3, 0.4) is 0 Å². The first-order valence-corrected chi connectivity index (χ1v) is 9.11. The number of rotatable bonds is 3. The molecule has 5 nitrogen and oxygen atoms in total. The molecule has 0 aliphatic carbocycles. The SMILES string of the molecule is CC1c2ccsc2CCN1C(=O)c1cccc(Nc2ncccn2)c1. The second-order valence-electron chi connectivity index (χ2n) is 6.00. The molecule has 2 aromatic heterocycles. The molecule has 4 rings (SSSR count). The normalized spacial score (nSPS) is 16.4. The number of nitrogens with zero attached hydrogens (tertiary/aromatic N) is 3. The van der Waals surface area contributed by atoms with Gasteiger partial charge in [-0.15, -0.1) is 11.3 Å². The third kappa shape index (κ3) is 3.13. The summed E-state index contributed by atoms with van der Waals surface area (Å²) in [7, 11) is 0. The number of anilines is 2. The second-order valence-corrected chi connectivity index (χ2v) is 7.00. The summed E-state index contributed by atoms with van der Waals surface area (Å²) < 4.78 is 0. The van der Waals surface area contributed by atoms with E-state index in [-0.39, 0.29) is 11.9 Å². The fourth-order valence-corrected chi connectivity index (χ4v) is 4.14. The van der Waals surface area contributed by atoms with Gasteiger partial charge in [-0.25, -0.2) is 9.97 Å². The molecule has 3 aromatic rings. The molecule has 6 heteroatoms. The summed E-state index contributed by atoms with van der Waals surface area (Å²) in [5.74, 6) is 0.573. The molecule has 0 spiro atoms. The zero-order chi connectivity index (χ0) is 17.2. The Bertz CT molecular complexity index is 893. The van der Waals surface area contributed by atoms with Gasteiger partial charge in [-0.05, 0) is 54.6 Å². The summed E-state index contributed by atoms with van der Waals surface area (Å²) in [5.41, 5.74) is 2.75. The van der Waals surface area contributed by atoms with E-state index in [2.05, 4.69) is 33.7 Å². The van der Waals surface area contributed by atoms with E-state index in [1.165, 1.54) is 10.4 Å². The van der Waals surface area contributed by atoms with Crippen molar-refractivity contribution in [2.24, 2.45) is 0 Å². The summed E-state index contributed by atoms with van der Waals surface area (Å²) in [6, 6.07) is 11.5. The van der Waals surface area contributed by atoms with Gasteiger partial charge in [0.1, 0.15) is 0 Å². The highest BCUT2D eigenvalue weighted by Crippen LogP contribution is 2.33. The Morgan fingerprint density at radius 1 is 1.24 bits per heavy atom. The van der Waals surface area contributed by atoms with Crippen molar-refractivity contribution in [2.45, 2.75) is 19.4 Å². The van der Waals surface area contributed by atoms with Gasteiger partial charge >= 0.3 is 0 Å². The maximum Gasteiger partial charge on any atom is 0.254 e. The van der Waals surface area contributed by atoms with Gasteiger partial charge in [0, 0.05) is 35.1 Å². The van der Waals surface area contributed by atoms with Crippen molar-refractivity contribution in [3.63, 3.8) is 0 Å². The van der Waals surface area contributed by atoms with Crippen molar-refractivity contribution in [3.05, 3.63) is 70.2 Å². The molecule has 1 aliphatic rings. The van der Waals surface area contributed by atoms with Crippen LogP contribution in [-0.4, -0.2) is 27.3 Å². The van der Waals surface area contributed by atoms with Crippen molar-refractivity contribution in [3.8, 4) is 0 Å². The Labute approximate surface area is 150 Å². The van der Waals surface area contributed by atoms with E-state index in [0.717, 1.165) is 18.7 Å². The molecule has 0 saturated heterocycles. The van der Waals surface area contributed by atoms with Gasteiger partial charge in [-0.2, -0.15) is 0 Å². The Morgan fingerprint density at radius 3 is 2.92 bits per heavy atom. The molecule has 1 atom stereocenters. The van der Waals surface area contributed by atoms with E-state index in [4.69, 9.17) is 0 Å². The van der Waals surface area contributed by atoms with Gasteiger partial charge in [0.15, 0.2) is 0 Å². The highest BCUT2D eigenvalue weighted by Gasteiger charge is 2.28. The Balaban J connectivity index is 1.56. The monoisotopic (exact) mass is 350 g/mol. The molecular weight excluding hydrogens is 332 g/mol. The van der Waals surface area contributed by atoms with Crippen molar-refractivity contribution in [1.82, 2.24) is 14.9 Å². The number of carbonyl (C=O) groups is 1. The standard InChI is InChI=1S/C19H18N4OS/c1-13-16-7-11-25-17(16)6-10-23(13)18(24)14-4-2-5-15(12-14)22-19-20-8-3-9-21-19/h2-5,7-9,11-13H,6,10H2,1H3,(H,20,21,22). The smallest absolute Gasteiger partial charge is 0.254 e. The Hall–Kier alpha value is -2.73. The summed E-state index contributed by atoms with van der Waals surface area (Å²) in [6.07, 6.45) is 4.29. The van der Waals surface area contributed by atoms with E-state index < -0.39 is 0 Å². The molecule has 1 aromatic carbocycles. The van der Waals surface area contributed by atoms with E-state index in [1.807, 2.05) is 29.2 Å². The quantitative estimate of drug-likeness (QED) is 0.774. The van der Waals surface area contributed by atoms with Crippen molar-refractivity contribution >= 4 is 28.9 Å². The van der Waals surface area contributed by atoms with Crippen LogP contribution in [0.5, 0.6) is 0 Å². The number of hydrogen-bond donors (Lipinski definition) is 1. The number of thiophene rings is 1. The van der Waals surface area contributed by atoms with Crippen LogP contribution >= 0.6 is 11.3 Å². The first-order valence-electron chi connectivity index (χ1n) is 8.24. The average Bonchev–Trinajstić information content (AvgIpc) is 3.12. The van der Waals surface area contributed by atoms with Gasteiger partial charge in [-0.3, -0.25) is 4.79 Å². The molecule has 0 radical (unpaired) electrons. The molecule has 0 saturated carbocycles. The van der Waals surface area contributed by atoms with E-state index in [1.54, 1.807) is 29.8 Å². The third-order valence-electron chi connectivity index (χ3n) is 4.47. The molecule has 1 unspecified atom stereocenters. The zero-order valence-electron chi connectivity index (χ0n) is 13.8. The molecule has 25 heavy (non-hydrogen) atoms. The van der Waals surface area contributed by atoms with Crippen LogP contribution < -0.4 is 5.32 Å². The first-order chi connectivity index (χ1) is 12.2. The van der Waals surface area contributed by atoms with Crippen LogP contribution in [-0.2, 0) is 6.42 Å². The summed E-state index contributed by atoms with van der Waals surface area (Å²) >= 11 is 1.78. The number of hydrogen-bond acceptors (Lipinski definition) is 5. The van der Waals surface area contributed by atoms with Crippen molar-refractivity contribution < 1.29 is 4.79 Å².